The highest BCUT2D eigenvalue weighted by Gasteiger charge is 2.17. The van der Waals surface area contributed by atoms with Crippen LogP contribution in [0.1, 0.15) is 0 Å². The van der Waals surface area contributed by atoms with Crippen molar-refractivity contribution >= 4 is 28.3 Å². The Hall–Kier alpha value is -4.53. The number of aromatic nitrogens is 2. The fourth-order valence-electron chi connectivity index (χ4n) is 3.37. The number of ether oxygens (including phenoxy) is 4. The summed E-state index contributed by atoms with van der Waals surface area (Å²) in [5.41, 5.74) is 7.44. The van der Waals surface area contributed by atoms with Crippen molar-refractivity contribution in [2.45, 2.75) is 0 Å². The second kappa shape index (κ2) is 9.31. The van der Waals surface area contributed by atoms with Crippen molar-refractivity contribution in [3.05, 3.63) is 67.0 Å². The lowest BCUT2D eigenvalue weighted by atomic mass is 10.2. The molecule has 2 amide bonds. The van der Waals surface area contributed by atoms with Gasteiger partial charge in [-0.1, -0.05) is 6.07 Å². The van der Waals surface area contributed by atoms with Crippen molar-refractivity contribution in [1.29, 1.82) is 0 Å². The molecule has 0 fully saturated rings. The van der Waals surface area contributed by atoms with Gasteiger partial charge in [0.2, 0.25) is 5.88 Å². The summed E-state index contributed by atoms with van der Waals surface area (Å²) in [6.45, 7) is 0. The van der Waals surface area contributed by atoms with Gasteiger partial charge in [-0.25, -0.2) is 14.8 Å². The molecule has 4 rings (SSSR count). The molecule has 0 bridgehead atoms. The molecule has 4 aromatic rings. The van der Waals surface area contributed by atoms with Gasteiger partial charge in [-0.3, -0.25) is 4.90 Å². The van der Waals surface area contributed by atoms with E-state index in [1.54, 1.807) is 82.0 Å². The Labute approximate surface area is 190 Å². The second-order valence-electron chi connectivity index (χ2n) is 6.87. The van der Waals surface area contributed by atoms with Crippen LogP contribution in [0, 0.1) is 0 Å². The highest BCUT2D eigenvalue weighted by atomic mass is 16.5. The standard InChI is InChI=1S/C24H22N4O5/c1-30-18-6-4-5-16(11-18)28(24(25)29)15-7-9-17(10-8-15)33-23-19-12-21(31-2)22(32-3)13-20(19)26-14-27-23/h4-14H,1-3H3,(H2,25,29). The highest BCUT2D eigenvalue weighted by molar-refractivity contribution is 5.98. The predicted octanol–water partition coefficient (Wildman–Crippen LogP) is 4.66. The van der Waals surface area contributed by atoms with Crippen LogP contribution < -0.4 is 29.6 Å². The maximum absolute atomic E-state index is 12.2. The lowest BCUT2D eigenvalue weighted by Crippen LogP contribution is -2.31. The van der Waals surface area contributed by atoms with Crippen molar-refractivity contribution in [3.8, 4) is 28.9 Å². The van der Waals surface area contributed by atoms with Crippen molar-refractivity contribution in [2.75, 3.05) is 26.2 Å². The van der Waals surface area contributed by atoms with Crippen LogP contribution in [0.3, 0.4) is 0 Å². The molecule has 33 heavy (non-hydrogen) atoms. The topological polar surface area (TPSA) is 109 Å². The van der Waals surface area contributed by atoms with Gasteiger partial charge in [0.15, 0.2) is 11.5 Å². The first-order valence-corrected chi connectivity index (χ1v) is 9.92. The molecule has 2 N–H and O–H groups in total. The number of nitrogens with two attached hydrogens (primary N) is 1. The summed E-state index contributed by atoms with van der Waals surface area (Å²) in [5, 5.41) is 0.661. The molecule has 0 saturated carbocycles. The van der Waals surface area contributed by atoms with Gasteiger partial charge in [0.25, 0.3) is 0 Å². The first-order chi connectivity index (χ1) is 16.0. The second-order valence-corrected chi connectivity index (χ2v) is 6.87. The minimum Gasteiger partial charge on any atom is -0.497 e. The number of methoxy groups -OCH3 is 3. The van der Waals surface area contributed by atoms with Crippen molar-refractivity contribution < 1.29 is 23.7 Å². The number of urea groups is 1. The number of primary amides is 1. The van der Waals surface area contributed by atoms with Gasteiger partial charge in [0, 0.05) is 12.1 Å². The molecule has 0 spiro atoms. The van der Waals surface area contributed by atoms with E-state index in [9.17, 15) is 4.79 Å². The summed E-state index contributed by atoms with van der Waals surface area (Å²) < 4.78 is 22.0. The van der Waals surface area contributed by atoms with Crippen LogP contribution in [0.5, 0.6) is 28.9 Å². The number of benzene rings is 3. The third kappa shape index (κ3) is 4.42. The van der Waals surface area contributed by atoms with Gasteiger partial charge in [0.1, 0.15) is 17.8 Å². The van der Waals surface area contributed by atoms with E-state index in [4.69, 9.17) is 24.7 Å². The zero-order valence-corrected chi connectivity index (χ0v) is 18.3. The van der Waals surface area contributed by atoms with Crippen LogP contribution in [0.25, 0.3) is 10.9 Å². The smallest absolute Gasteiger partial charge is 0.323 e. The first kappa shape index (κ1) is 21.7. The molecule has 0 aliphatic rings. The molecule has 9 nitrogen and oxygen atoms in total. The third-order valence-corrected chi connectivity index (χ3v) is 4.95. The van der Waals surface area contributed by atoms with Crippen LogP contribution in [0.4, 0.5) is 16.2 Å². The Morgan fingerprint density at radius 2 is 1.55 bits per heavy atom. The maximum Gasteiger partial charge on any atom is 0.323 e. The molecule has 0 unspecified atom stereocenters. The van der Waals surface area contributed by atoms with Gasteiger partial charge in [-0.15, -0.1) is 0 Å². The molecule has 0 aliphatic heterocycles. The number of nitrogens with zero attached hydrogens (tertiary/aromatic N) is 3. The van der Waals surface area contributed by atoms with Crippen molar-refractivity contribution in [2.24, 2.45) is 5.73 Å². The molecule has 0 atom stereocenters. The molecule has 0 saturated heterocycles. The number of amides is 2. The SMILES string of the molecule is COc1cccc(N(C(N)=O)c2ccc(Oc3ncnc4cc(OC)c(OC)cc34)cc2)c1. The summed E-state index contributed by atoms with van der Waals surface area (Å²) in [7, 11) is 4.67. The lowest BCUT2D eigenvalue weighted by Gasteiger charge is -2.21. The number of anilines is 2. The van der Waals surface area contributed by atoms with Crippen LogP contribution in [-0.4, -0.2) is 37.3 Å². The average molecular weight is 446 g/mol. The van der Waals surface area contributed by atoms with E-state index in [1.165, 1.54) is 11.2 Å². The minimum atomic E-state index is -0.625. The first-order valence-electron chi connectivity index (χ1n) is 9.92. The van der Waals surface area contributed by atoms with Crippen LogP contribution in [0.2, 0.25) is 0 Å². The number of carbonyl (C=O) groups is 1. The molecule has 0 aliphatic carbocycles. The molecule has 1 aromatic heterocycles. The predicted molar refractivity (Wildman–Crippen MR) is 124 cm³/mol. The number of hydrogen-bond donors (Lipinski definition) is 1. The average Bonchev–Trinajstić information content (AvgIpc) is 2.84. The summed E-state index contributed by atoms with van der Waals surface area (Å²) in [4.78, 5) is 22.1. The highest BCUT2D eigenvalue weighted by Crippen LogP contribution is 2.36. The van der Waals surface area contributed by atoms with Crippen LogP contribution in [0.15, 0.2) is 67.0 Å². The van der Waals surface area contributed by atoms with Crippen molar-refractivity contribution in [3.63, 3.8) is 0 Å². The Morgan fingerprint density at radius 3 is 2.21 bits per heavy atom. The summed E-state index contributed by atoms with van der Waals surface area (Å²) >= 11 is 0. The zero-order chi connectivity index (χ0) is 23.4. The van der Waals surface area contributed by atoms with E-state index in [0.29, 0.717) is 51.2 Å². The summed E-state index contributed by atoms with van der Waals surface area (Å²) in [5.74, 6) is 2.58. The van der Waals surface area contributed by atoms with Gasteiger partial charge in [-0.05, 0) is 42.5 Å². The molecular formula is C24H22N4O5. The van der Waals surface area contributed by atoms with Gasteiger partial charge < -0.3 is 24.7 Å². The third-order valence-electron chi connectivity index (χ3n) is 4.95. The molecular weight excluding hydrogens is 424 g/mol. The van der Waals surface area contributed by atoms with E-state index in [1.807, 2.05) is 0 Å². The lowest BCUT2D eigenvalue weighted by molar-refractivity contribution is 0.256. The zero-order valence-electron chi connectivity index (χ0n) is 18.3. The number of rotatable bonds is 7. The van der Waals surface area contributed by atoms with Crippen LogP contribution >= 0.6 is 0 Å². The van der Waals surface area contributed by atoms with E-state index >= 15 is 0 Å². The minimum absolute atomic E-state index is 0.355. The van der Waals surface area contributed by atoms with Crippen molar-refractivity contribution in [1.82, 2.24) is 9.97 Å². The molecule has 9 heteroatoms. The van der Waals surface area contributed by atoms with Crippen LogP contribution in [-0.2, 0) is 0 Å². The monoisotopic (exact) mass is 446 g/mol. The van der Waals surface area contributed by atoms with E-state index in [0.717, 1.165) is 0 Å². The molecule has 168 valence electrons. The Balaban J connectivity index is 1.64. The van der Waals surface area contributed by atoms with Gasteiger partial charge in [-0.2, -0.15) is 0 Å². The Morgan fingerprint density at radius 1 is 0.818 bits per heavy atom. The summed E-state index contributed by atoms with van der Waals surface area (Å²) in [6, 6.07) is 16.9. The Bertz CT molecular complexity index is 1290. The molecule has 0 radical (unpaired) electrons. The fraction of sp³-hybridized carbons (Fsp3) is 0.125. The molecule has 1 heterocycles. The summed E-state index contributed by atoms with van der Waals surface area (Å²) in [6.07, 6.45) is 1.41. The Kier molecular flexibility index (Phi) is 6.12. The number of fused-ring (bicyclic) bond motifs is 1. The largest absolute Gasteiger partial charge is 0.497 e. The number of hydrogen-bond acceptors (Lipinski definition) is 7. The van der Waals surface area contributed by atoms with E-state index in [-0.39, 0.29) is 0 Å². The maximum atomic E-state index is 12.2. The van der Waals surface area contributed by atoms with E-state index < -0.39 is 6.03 Å². The normalized spacial score (nSPS) is 10.5. The van der Waals surface area contributed by atoms with Gasteiger partial charge in [0.05, 0.1) is 43.6 Å². The van der Waals surface area contributed by atoms with Gasteiger partial charge >= 0.3 is 6.03 Å². The quantitative estimate of drug-likeness (QED) is 0.439. The fourth-order valence-corrected chi connectivity index (χ4v) is 3.37. The molecule has 3 aromatic carbocycles. The van der Waals surface area contributed by atoms with E-state index in [2.05, 4.69) is 9.97 Å². The number of carbonyl (C=O) groups excluding carboxylic acids is 1.